The molecule has 1 aromatic rings. The lowest BCUT2D eigenvalue weighted by Crippen LogP contribution is -2.49. The lowest BCUT2D eigenvalue weighted by Gasteiger charge is -2.41. The van der Waals surface area contributed by atoms with E-state index in [1.165, 1.54) is 24.8 Å². The Morgan fingerprint density at radius 2 is 2.06 bits per heavy atom. The van der Waals surface area contributed by atoms with Crippen molar-refractivity contribution in [2.75, 3.05) is 0 Å². The van der Waals surface area contributed by atoms with Crippen molar-refractivity contribution >= 4 is 0 Å². The molecule has 0 radical (unpaired) electrons. The summed E-state index contributed by atoms with van der Waals surface area (Å²) < 4.78 is 0. The van der Waals surface area contributed by atoms with Gasteiger partial charge in [0.2, 0.25) is 0 Å². The van der Waals surface area contributed by atoms with E-state index in [4.69, 9.17) is 0 Å². The zero-order chi connectivity index (χ0) is 11.8. The van der Waals surface area contributed by atoms with E-state index in [9.17, 15) is 5.11 Å². The molecule has 2 N–H and O–H groups in total. The zero-order valence-electron chi connectivity index (χ0n) is 10.4. The van der Waals surface area contributed by atoms with Gasteiger partial charge in [-0.15, -0.1) is 0 Å². The first-order valence-electron chi connectivity index (χ1n) is 6.07. The first-order valence-corrected chi connectivity index (χ1v) is 6.07. The van der Waals surface area contributed by atoms with Crippen molar-refractivity contribution in [2.45, 2.75) is 51.6 Å². The van der Waals surface area contributed by atoms with Gasteiger partial charge in [-0.3, -0.25) is 0 Å². The Kier molecular flexibility index (Phi) is 2.94. The average Bonchev–Trinajstić information content (AvgIpc) is 2.19. The van der Waals surface area contributed by atoms with E-state index in [2.05, 4.69) is 25.2 Å². The third-order valence-electron chi connectivity index (χ3n) is 3.74. The van der Waals surface area contributed by atoms with E-state index in [1.54, 1.807) is 6.07 Å². The molecule has 2 nitrogen and oxygen atoms in total. The fourth-order valence-corrected chi connectivity index (χ4v) is 2.41. The van der Waals surface area contributed by atoms with Crippen LogP contribution in [0, 0.1) is 6.92 Å². The monoisotopic (exact) mass is 219 g/mol. The van der Waals surface area contributed by atoms with Gasteiger partial charge in [0.05, 0.1) is 0 Å². The molecule has 1 saturated carbocycles. The van der Waals surface area contributed by atoms with E-state index in [0.29, 0.717) is 17.3 Å². The van der Waals surface area contributed by atoms with Gasteiger partial charge in [-0.1, -0.05) is 12.1 Å². The third kappa shape index (κ3) is 2.22. The minimum Gasteiger partial charge on any atom is -0.508 e. The van der Waals surface area contributed by atoms with Gasteiger partial charge in [0.1, 0.15) is 5.75 Å². The number of phenols is 1. The molecule has 2 rings (SSSR count). The predicted octanol–water partition coefficient (Wildman–Crippen LogP) is 3.29. The molecule has 1 fully saturated rings. The van der Waals surface area contributed by atoms with E-state index >= 15 is 0 Å². The van der Waals surface area contributed by atoms with Crippen LogP contribution in [0.25, 0.3) is 0 Å². The molecular weight excluding hydrogens is 198 g/mol. The van der Waals surface area contributed by atoms with Gasteiger partial charge < -0.3 is 10.4 Å². The molecule has 2 heteroatoms. The Bertz CT molecular complexity index is 382. The molecular formula is C14H21NO. The van der Waals surface area contributed by atoms with E-state index in [1.807, 2.05) is 13.0 Å². The van der Waals surface area contributed by atoms with Crippen LogP contribution in [0.4, 0.5) is 0 Å². The molecule has 16 heavy (non-hydrogen) atoms. The van der Waals surface area contributed by atoms with Crippen molar-refractivity contribution < 1.29 is 5.11 Å². The molecule has 1 aliphatic rings. The second-order valence-corrected chi connectivity index (χ2v) is 5.33. The molecule has 0 saturated heterocycles. The van der Waals surface area contributed by atoms with Gasteiger partial charge in [0.25, 0.3) is 0 Å². The first kappa shape index (κ1) is 11.5. The summed E-state index contributed by atoms with van der Waals surface area (Å²) in [7, 11) is 0. The van der Waals surface area contributed by atoms with Crippen molar-refractivity contribution in [1.29, 1.82) is 0 Å². The van der Waals surface area contributed by atoms with Crippen LogP contribution < -0.4 is 5.32 Å². The summed E-state index contributed by atoms with van der Waals surface area (Å²) in [6, 6.07) is 6.20. The van der Waals surface area contributed by atoms with Gasteiger partial charge in [-0.2, -0.15) is 0 Å². The molecule has 0 spiro atoms. The van der Waals surface area contributed by atoms with Crippen LogP contribution in [0.1, 0.15) is 50.3 Å². The van der Waals surface area contributed by atoms with E-state index in [0.717, 1.165) is 5.56 Å². The first-order chi connectivity index (χ1) is 7.50. The summed E-state index contributed by atoms with van der Waals surface area (Å²) in [6.07, 6.45) is 3.88. The number of nitrogens with one attached hydrogen (secondary N) is 1. The summed E-state index contributed by atoms with van der Waals surface area (Å²) in [6.45, 7) is 6.42. The van der Waals surface area contributed by atoms with E-state index in [-0.39, 0.29) is 0 Å². The number of aryl methyl sites for hydroxylation is 1. The standard InChI is InChI=1S/C14H21NO/c1-10-9-12(5-6-13(10)16)11(2)15-14(3)7-4-8-14/h5-6,9,11,15-16H,4,7-8H2,1-3H3. The molecule has 1 unspecified atom stereocenters. The highest BCUT2D eigenvalue weighted by molar-refractivity contribution is 5.36. The Balaban J connectivity index is 2.08. The molecule has 1 aromatic carbocycles. The van der Waals surface area contributed by atoms with Crippen LogP contribution in [0.15, 0.2) is 18.2 Å². The molecule has 0 amide bonds. The largest absolute Gasteiger partial charge is 0.508 e. The predicted molar refractivity (Wildman–Crippen MR) is 66.7 cm³/mol. The molecule has 1 atom stereocenters. The van der Waals surface area contributed by atoms with Crippen molar-refractivity contribution in [1.82, 2.24) is 5.32 Å². The maximum Gasteiger partial charge on any atom is 0.118 e. The lowest BCUT2D eigenvalue weighted by atomic mass is 9.78. The molecule has 0 bridgehead atoms. The van der Waals surface area contributed by atoms with Crippen LogP contribution in [0.3, 0.4) is 0 Å². The Labute approximate surface area is 97.7 Å². The van der Waals surface area contributed by atoms with Crippen molar-refractivity contribution in [3.63, 3.8) is 0 Å². The number of aromatic hydroxyl groups is 1. The van der Waals surface area contributed by atoms with Crippen molar-refractivity contribution in [3.8, 4) is 5.75 Å². The van der Waals surface area contributed by atoms with Crippen molar-refractivity contribution in [2.24, 2.45) is 0 Å². The van der Waals surface area contributed by atoms with Gasteiger partial charge in [0, 0.05) is 11.6 Å². The highest BCUT2D eigenvalue weighted by atomic mass is 16.3. The Morgan fingerprint density at radius 3 is 2.56 bits per heavy atom. The van der Waals surface area contributed by atoms with Gasteiger partial charge in [-0.25, -0.2) is 0 Å². The summed E-state index contributed by atoms with van der Waals surface area (Å²) in [5.41, 5.74) is 2.53. The van der Waals surface area contributed by atoms with Gasteiger partial charge in [-0.05, 0) is 57.2 Å². The minimum absolute atomic E-state index is 0.325. The molecule has 0 heterocycles. The summed E-state index contributed by atoms with van der Waals surface area (Å²) >= 11 is 0. The van der Waals surface area contributed by atoms with Crippen LogP contribution in [-0.2, 0) is 0 Å². The minimum atomic E-state index is 0.325. The Morgan fingerprint density at radius 1 is 1.38 bits per heavy atom. The zero-order valence-corrected chi connectivity index (χ0v) is 10.4. The van der Waals surface area contributed by atoms with Gasteiger partial charge in [0.15, 0.2) is 0 Å². The summed E-state index contributed by atoms with van der Waals surface area (Å²) in [5, 5.41) is 13.2. The van der Waals surface area contributed by atoms with Crippen LogP contribution in [0.5, 0.6) is 5.75 Å². The van der Waals surface area contributed by atoms with Crippen LogP contribution in [0.2, 0.25) is 0 Å². The quantitative estimate of drug-likeness (QED) is 0.817. The number of rotatable bonds is 3. The Hall–Kier alpha value is -1.02. The van der Waals surface area contributed by atoms with E-state index < -0.39 is 0 Å². The number of hydrogen-bond donors (Lipinski definition) is 2. The van der Waals surface area contributed by atoms with Crippen LogP contribution in [-0.4, -0.2) is 10.6 Å². The second-order valence-electron chi connectivity index (χ2n) is 5.33. The SMILES string of the molecule is Cc1cc(C(C)NC2(C)CCC2)ccc1O. The lowest BCUT2D eigenvalue weighted by molar-refractivity contribution is 0.190. The molecule has 0 aliphatic heterocycles. The third-order valence-corrected chi connectivity index (χ3v) is 3.74. The summed E-state index contributed by atoms with van der Waals surface area (Å²) in [4.78, 5) is 0. The maximum atomic E-state index is 9.49. The van der Waals surface area contributed by atoms with Crippen LogP contribution >= 0.6 is 0 Å². The molecule has 0 aromatic heterocycles. The number of hydrogen-bond acceptors (Lipinski definition) is 2. The van der Waals surface area contributed by atoms with Crippen molar-refractivity contribution in [3.05, 3.63) is 29.3 Å². The number of benzene rings is 1. The topological polar surface area (TPSA) is 32.3 Å². The fraction of sp³-hybridized carbons (Fsp3) is 0.571. The number of phenolic OH excluding ortho intramolecular Hbond substituents is 1. The smallest absolute Gasteiger partial charge is 0.118 e. The highest BCUT2D eigenvalue weighted by Crippen LogP contribution is 2.34. The molecule has 1 aliphatic carbocycles. The second kappa shape index (κ2) is 4.10. The fourth-order valence-electron chi connectivity index (χ4n) is 2.41. The van der Waals surface area contributed by atoms with Gasteiger partial charge >= 0.3 is 0 Å². The molecule has 88 valence electrons. The summed E-state index contributed by atoms with van der Waals surface area (Å²) in [5.74, 6) is 0.380. The average molecular weight is 219 g/mol. The normalized spacial score (nSPS) is 20.2. The maximum absolute atomic E-state index is 9.49. The highest BCUT2D eigenvalue weighted by Gasteiger charge is 2.32.